The van der Waals surface area contributed by atoms with Crippen molar-refractivity contribution < 1.29 is 4.79 Å². The van der Waals surface area contributed by atoms with Crippen LogP contribution in [0, 0.1) is 0 Å². The highest BCUT2D eigenvalue weighted by atomic mass is 35.5. The molecule has 0 saturated carbocycles. The molecule has 3 aromatic heterocycles. The summed E-state index contributed by atoms with van der Waals surface area (Å²) in [5, 5.41) is 9.41. The van der Waals surface area contributed by atoms with E-state index in [-0.39, 0.29) is 11.5 Å². The molecule has 0 aliphatic carbocycles. The summed E-state index contributed by atoms with van der Waals surface area (Å²) >= 11 is 8.61. The molecule has 4 aromatic rings. The zero-order valence-corrected chi connectivity index (χ0v) is 17.0. The van der Waals surface area contributed by atoms with Crippen molar-refractivity contribution in [3.05, 3.63) is 81.8 Å². The SMILES string of the molecule is O=C(CSc1nnc(-c2ccncc2)n1Cc1ccccc1)c1ccc(Cl)s1. The predicted octanol–water partition coefficient (Wildman–Crippen LogP) is 5.08. The van der Waals surface area contributed by atoms with E-state index in [2.05, 4.69) is 27.3 Å². The average molecular weight is 427 g/mol. The molecular formula is C20H15ClN4OS2. The summed E-state index contributed by atoms with van der Waals surface area (Å²) in [5.41, 5.74) is 2.07. The van der Waals surface area contributed by atoms with Crippen LogP contribution in [0.25, 0.3) is 11.4 Å². The van der Waals surface area contributed by atoms with Crippen LogP contribution in [0.4, 0.5) is 0 Å². The van der Waals surface area contributed by atoms with E-state index in [1.807, 2.05) is 34.9 Å². The first-order chi connectivity index (χ1) is 13.7. The standard InChI is InChI=1S/C20H15ClN4OS2/c21-18-7-6-17(28-18)16(26)13-27-20-24-23-19(15-8-10-22-11-9-15)25(20)12-14-4-2-1-3-5-14/h1-11H,12-13H2. The monoisotopic (exact) mass is 426 g/mol. The highest BCUT2D eigenvalue weighted by Gasteiger charge is 2.17. The van der Waals surface area contributed by atoms with E-state index in [1.54, 1.807) is 24.5 Å². The van der Waals surface area contributed by atoms with Gasteiger partial charge in [0.2, 0.25) is 0 Å². The first-order valence-electron chi connectivity index (χ1n) is 8.49. The molecule has 0 atom stereocenters. The van der Waals surface area contributed by atoms with Gasteiger partial charge in [0.05, 0.1) is 21.5 Å². The number of carbonyl (C=O) groups excluding carboxylic acids is 1. The van der Waals surface area contributed by atoms with Crippen LogP contribution in [-0.4, -0.2) is 31.3 Å². The number of halogens is 1. The highest BCUT2D eigenvalue weighted by molar-refractivity contribution is 7.99. The van der Waals surface area contributed by atoms with Gasteiger partial charge in [-0.2, -0.15) is 0 Å². The lowest BCUT2D eigenvalue weighted by atomic mass is 10.2. The van der Waals surface area contributed by atoms with E-state index in [0.717, 1.165) is 17.0 Å². The Bertz CT molecular complexity index is 1080. The number of aromatic nitrogens is 4. The van der Waals surface area contributed by atoms with Crippen molar-refractivity contribution in [2.24, 2.45) is 0 Å². The number of pyridine rings is 1. The molecule has 0 saturated heterocycles. The number of hydrogen-bond donors (Lipinski definition) is 0. The molecule has 3 heterocycles. The average Bonchev–Trinajstić information content (AvgIpc) is 3.34. The van der Waals surface area contributed by atoms with Crippen LogP contribution in [0.5, 0.6) is 0 Å². The Balaban J connectivity index is 1.61. The quantitative estimate of drug-likeness (QED) is 0.304. The molecule has 0 amide bonds. The number of rotatable bonds is 7. The highest BCUT2D eigenvalue weighted by Crippen LogP contribution is 2.27. The molecule has 0 N–H and O–H groups in total. The normalized spacial score (nSPS) is 10.9. The van der Waals surface area contributed by atoms with E-state index >= 15 is 0 Å². The Hall–Kier alpha value is -2.48. The van der Waals surface area contributed by atoms with Gasteiger partial charge in [0.25, 0.3) is 0 Å². The summed E-state index contributed by atoms with van der Waals surface area (Å²) in [5.74, 6) is 1.06. The van der Waals surface area contributed by atoms with E-state index in [4.69, 9.17) is 11.6 Å². The van der Waals surface area contributed by atoms with Crippen molar-refractivity contribution >= 4 is 40.5 Å². The minimum Gasteiger partial charge on any atom is -0.298 e. The number of ketones is 1. The zero-order chi connectivity index (χ0) is 19.3. The molecule has 28 heavy (non-hydrogen) atoms. The van der Waals surface area contributed by atoms with E-state index in [9.17, 15) is 4.79 Å². The van der Waals surface area contributed by atoms with Crippen molar-refractivity contribution in [1.82, 2.24) is 19.7 Å². The van der Waals surface area contributed by atoms with Gasteiger partial charge in [-0.15, -0.1) is 21.5 Å². The van der Waals surface area contributed by atoms with Crippen molar-refractivity contribution in [2.75, 3.05) is 5.75 Å². The Labute approximate surface area is 175 Å². The van der Waals surface area contributed by atoms with Crippen molar-refractivity contribution in [2.45, 2.75) is 11.7 Å². The number of thioether (sulfide) groups is 1. The Kier molecular flexibility index (Phi) is 5.85. The maximum absolute atomic E-state index is 12.4. The first-order valence-corrected chi connectivity index (χ1v) is 10.7. The molecule has 0 spiro atoms. The maximum atomic E-state index is 12.4. The van der Waals surface area contributed by atoms with Gasteiger partial charge in [-0.1, -0.05) is 53.7 Å². The summed E-state index contributed by atoms with van der Waals surface area (Å²) in [7, 11) is 0. The molecule has 0 aliphatic rings. The zero-order valence-electron chi connectivity index (χ0n) is 14.7. The third-order valence-electron chi connectivity index (χ3n) is 4.02. The largest absolute Gasteiger partial charge is 0.298 e. The summed E-state index contributed by atoms with van der Waals surface area (Å²) < 4.78 is 2.64. The van der Waals surface area contributed by atoms with E-state index in [0.29, 0.717) is 20.9 Å². The van der Waals surface area contributed by atoms with Crippen LogP contribution in [0.2, 0.25) is 4.34 Å². The number of benzene rings is 1. The smallest absolute Gasteiger partial charge is 0.192 e. The fraction of sp³-hybridized carbons (Fsp3) is 0.100. The molecule has 8 heteroatoms. The van der Waals surface area contributed by atoms with Crippen LogP contribution in [0.1, 0.15) is 15.2 Å². The molecule has 140 valence electrons. The fourth-order valence-electron chi connectivity index (χ4n) is 2.68. The molecule has 4 rings (SSSR count). The van der Waals surface area contributed by atoms with Gasteiger partial charge in [-0.25, -0.2) is 0 Å². The Morgan fingerprint density at radius 1 is 1.04 bits per heavy atom. The van der Waals surface area contributed by atoms with Crippen molar-refractivity contribution in [1.29, 1.82) is 0 Å². The summed E-state index contributed by atoms with van der Waals surface area (Å²) in [4.78, 5) is 17.2. The van der Waals surface area contributed by atoms with E-state index in [1.165, 1.54) is 23.1 Å². The molecule has 0 radical (unpaired) electrons. The van der Waals surface area contributed by atoms with Crippen LogP contribution >= 0.6 is 34.7 Å². The lowest BCUT2D eigenvalue weighted by Gasteiger charge is -2.10. The predicted molar refractivity (Wildman–Crippen MR) is 113 cm³/mol. The number of nitrogens with zero attached hydrogens (tertiary/aromatic N) is 4. The number of hydrogen-bond acceptors (Lipinski definition) is 6. The van der Waals surface area contributed by atoms with Gasteiger partial charge in [-0.05, 0) is 29.8 Å². The molecule has 0 aliphatic heterocycles. The van der Waals surface area contributed by atoms with Gasteiger partial charge in [0, 0.05) is 18.0 Å². The van der Waals surface area contributed by atoms with Gasteiger partial charge in [-0.3, -0.25) is 14.3 Å². The molecule has 1 aromatic carbocycles. The van der Waals surface area contributed by atoms with Gasteiger partial charge in [0.15, 0.2) is 16.8 Å². The summed E-state index contributed by atoms with van der Waals surface area (Å²) in [6.07, 6.45) is 3.46. The van der Waals surface area contributed by atoms with Crippen LogP contribution in [0.15, 0.2) is 72.1 Å². The Morgan fingerprint density at radius 3 is 2.54 bits per heavy atom. The third kappa shape index (κ3) is 4.32. The summed E-state index contributed by atoms with van der Waals surface area (Å²) in [6.45, 7) is 0.618. The van der Waals surface area contributed by atoms with Crippen LogP contribution < -0.4 is 0 Å². The number of carbonyl (C=O) groups is 1. The maximum Gasteiger partial charge on any atom is 0.192 e. The minimum atomic E-state index is 0.0293. The topological polar surface area (TPSA) is 60.7 Å². The fourth-order valence-corrected chi connectivity index (χ4v) is 4.58. The van der Waals surface area contributed by atoms with Crippen molar-refractivity contribution in [3.8, 4) is 11.4 Å². The van der Waals surface area contributed by atoms with Crippen LogP contribution in [0.3, 0.4) is 0 Å². The third-order valence-corrected chi connectivity index (χ3v) is 6.26. The minimum absolute atomic E-state index is 0.0293. The van der Waals surface area contributed by atoms with Crippen LogP contribution in [-0.2, 0) is 6.54 Å². The second-order valence-electron chi connectivity index (χ2n) is 5.93. The molecular weight excluding hydrogens is 412 g/mol. The Morgan fingerprint density at radius 2 is 1.82 bits per heavy atom. The second-order valence-corrected chi connectivity index (χ2v) is 8.59. The van der Waals surface area contributed by atoms with Gasteiger partial charge >= 0.3 is 0 Å². The lowest BCUT2D eigenvalue weighted by molar-refractivity contribution is 0.102. The lowest BCUT2D eigenvalue weighted by Crippen LogP contribution is -2.06. The molecule has 0 fully saturated rings. The number of thiophene rings is 1. The number of Topliss-reactive ketones (excluding diaryl/α,β-unsaturated/α-hetero) is 1. The molecule has 5 nitrogen and oxygen atoms in total. The second kappa shape index (κ2) is 8.68. The van der Waals surface area contributed by atoms with Crippen molar-refractivity contribution in [3.63, 3.8) is 0 Å². The van der Waals surface area contributed by atoms with Gasteiger partial charge in [0.1, 0.15) is 0 Å². The first kappa shape index (κ1) is 18.9. The molecule has 0 unspecified atom stereocenters. The van der Waals surface area contributed by atoms with E-state index < -0.39 is 0 Å². The summed E-state index contributed by atoms with van der Waals surface area (Å²) in [6, 6.07) is 17.4. The van der Waals surface area contributed by atoms with Gasteiger partial charge < -0.3 is 0 Å². The molecule has 0 bridgehead atoms.